The molecule has 1 aromatic rings. The van der Waals surface area contributed by atoms with Crippen LogP contribution in [-0.4, -0.2) is 45.6 Å². The summed E-state index contributed by atoms with van der Waals surface area (Å²) in [7, 11) is 0. The first kappa shape index (κ1) is 17.3. The maximum absolute atomic E-state index is 12.7. The van der Waals surface area contributed by atoms with Gasteiger partial charge in [-0.1, -0.05) is 6.92 Å². The molecule has 0 saturated carbocycles. The molecule has 8 heteroatoms. The molecule has 1 N–H and O–H groups in total. The van der Waals surface area contributed by atoms with Gasteiger partial charge in [-0.15, -0.1) is 11.8 Å². The third kappa shape index (κ3) is 3.47. The lowest BCUT2D eigenvalue weighted by Gasteiger charge is -2.21. The highest BCUT2D eigenvalue weighted by molar-refractivity contribution is 7.99. The Morgan fingerprint density at radius 1 is 1.48 bits per heavy atom. The fraction of sp³-hybridized carbons (Fsp3) is 0.467. The van der Waals surface area contributed by atoms with Gasteiger partial charge in [0.05, 0.1) is 15.9 Å². The van der Waals surface area contributed by atoms with Crippen molar-refractivity contribution < 1.29 is 19.6 Å². The van der Waals surface area contributed by atoms with Gasteiger partial charge in [-0.2, -0.15) is 0 Å². The molecular formula is C15H18N2O5S. The van der Waals surface area contributed by atoms with E-state index in [-0.39, 0.29) is 23.7 Å². The molecule has 0 radical (unpaired) electrons. The highest BCUT2D eigenvalue weighted by Crippen LogP contribution is 2.33. The summed E-state index contributed by atoms with van der Waals surface area (Å²) in [5, 5.41) is 20.2. The average Bonchev–Trinajstić information content (AvgIpc) is 2.91. The van der Waals surface area contributed by atoms with Gasteiger partial charge in [0.1, 0.15) is 0 Å². The summed E-state index contributed by atoms with van der Waals surface area (Å²) in [6, 6.07) is 4.23. The Bertz CT molecular complexity index is 663. The number of carboxylic acid groups (broad SMARTS) is 1. The fourth-order valence-corrected chi connectivity index (χ4v) is 3.34. The van der Waals surface area contributed by atoms with Crippen LogP contribution in [0.4, 0.5) is 5.69 Å². The van der Waals surface area contributed by atoms with E-state index in [0.29, 0.717) is 17.9 Å². The first-order valence-corrected chi connectivity index (χ1v) is 8.21. The second-order valence-corrected chi connectivity index (χ2v) is 7.02. The highest BCUT2D eigenvalue weighted by atomic mass is 32.2. The number of amides is 1. The van der Waals surface area contributed by atoms with E-state index in [1.807, 2.05) is 6.92 Å². The van der Waals surface area contributed by atoms with Crippen LogP contribution in [0, 0.1) is 15.5 Å². The summed E-state index contributed by atoms with van der Waals surface area (Å²) in [5.41, 5.74) is -0.844. The van der Waals surface area contributed by atoms with Crippen molar-refractivity contribution >= 4 is 29.3 Å². The van der Waals surface area contributed by atoms with Crippen molar-refractivity contribution in [1.29, 1.82) is 0 Å². The zero-order valence-electron chi connectivity index (χ0n) is 12.9. The van der Waals surface area contributed by atoms with Crippen molar-refractivity contribution in [1.82, 2.24) is 4.90 Å². The van der Waals surface area contributed by atoms with E-state index in [2.05, 4.69) is 0 Å². The van der Waals surface area contributed by atoms with E-state index in [0.717, 1.165) is 5.75 Å². The van der Waals surface area contributed by atoms with Gasteiger partial charge in [0.25, 0.3) is 11.6 Å². The van der Waals surface area contributed by atoms with Crippen molar-refractivity contribution in [3.8, 4) is 0 Å². The number of thioether (sulfide) groups is 1. The van der Waals surface area contributed by atoms with Crippen LogP contribution in [0.25, 0.3) is 0 Å². The van der Waals surface area contributed by atoms with Gasteiger partial charge in [-0.05, 0) is 25.2 Å². The van der Waals surface area contributed by atoms with Gasteiger partial charge in [-0.3, -0.25) is 19.7 Å². The molecule has 0 aromatic heterocycles. The Labute approximate surface area is 137 Å². The van der Waals surface area contributed by atoms with Crippen LogP contribution in [0.5, 0.6) is 0 Å². The van der Waals surface area contributed by atoms with Gasteiger partial charge < -0.3 is 10.0 Å². The van der Waals surface area contributed by atoms with Gasteiger partial charge in [0.2, 0.25) is 0 Å². The maximum atomic E-state index is 12.7. The van der Waals surface area contributed by atoms with E-state index in [9.17, 15) is 24.8 Å². The number of rotatable bonds is 5. The molecule has 1 saturated heterocycles. The molecule has 1 aromatic carbocycles. The number of non-ortho nitro benzene ring substituents is 1. The van der Waals surface area contributed by atoms with E-state index in [1.165, 1.54) is 28.8 Å². The molecule has 1 unspecified atom stereocenters. The van der Waals surface area contributed by atoms with Crippen molar-refractivity contribution in [2.45, 2.75) is 25.2 Å². The summed E-state index contributed by atoms with van der Waals surface area (Å²) in [4.78, 5) is 36.6. The van der Waals surface area contributed by atoms with Gasteiger partial charge in [0.15, 0.2) is 0 Å². The molecule has 1 amide bonds. The van der Waals surface area contributed by atoms with Crippen LogP contribution < -0.4 is 0 Å². The summed E-state index contributed by atoms with van der Waals surface area (Å²) < 4.78 is 0. The van der Waals surface area contributed by atoms with Crippen LogP contribution in [0.1, 0.15) is 30.6 Å². The first-order valence-electron chi connectivity index (χ1n) is 7.22. The Kier molecular flexibility index (Phi) is 4.93. The number of carboxylic acids is 1. The lowest BCUT2D eigenvalue weighted by Crippen LogP contribution is -2.35. The molecule has 1 aliphatic rings. The van der Waals surface area contributed by atoms with Crippen molar-refractivity contribution in [3.05, 3.63) is 33.9 Å². The van der Waals surface area contributed by atoms with E-state index < -0.39 is 16.3 Å². The quantitative estimate of drug-likeness (QED) is 0.503. The van der Waals surface area contributed by atoms with Crippen LogP contribution in [0.2, 0.25) is 0 Å². The van der Waals surface area contributed by atoms with E-state index in [4.69, 9.17) is 0 Å². The number of aliphatic carboxylic acids is 1. The number of nitro benzene ring substituents is 1. The topological polar surface area (TPSA) is 101 Å². The molecule has 1 aliphatic heterocycles. The second-order valence-electron chi connectivity index (χ2n) is 5.71. The Morgan fingerprint density at radius 2 is 2.17 bits per heavy atom. The number of likely N-dealkylation sites (tertiary alicyclic amines) is 1. The van der Waals surface area contributed by atoms with E-state index >= 15 is 0 Å². The average molecular weight is 338 g/mol. The Morgan fingerprint density at radius 3 is 2.70 bits per heavy atom. The minimum absolute atomic E-state index is 0.111. The number of hydrogen-bond acceptors (Lipinski definition) is 5. The zero-order valence-corrected chi connectivity index (χ0v) is 13.8. The lowest BCUT2D eigenvalue weighted by molar-refractivity contribution is -0.384. The second kappa shape index (κ2) is 6.57. The minimum Gasteiger partial charge on any atom is -0.481 e. The smallest absolute Gasteiger partial charge is 0.311 e. The molecule has 2 rings (SSSR count). The summed E-state index contributed by atoms with van der Waals surface area (Å²) in [6.45, 7) is 3.98. The number of nitro groups is 1. The van der Waals surface area contributed by atoms with Gasteiger partial charge in [-0.25, -0.2) is 0 Å². The predicted octanol–water partition coefficient (Wildman–Crippen LogP) is 2.64. The molecule has 0 aliphatic carbocycles. The summed E-state index contributed by atoms with van der Waals surface area (Å²) in [5.74, 6) is -0.560. The molecule has 124 valence electrons. The molecular weight excluding hydrogens is 320 g/mol. The number of carbonyl (C=O) groups is 2. The van der Waals surface area contributed by atoms with Crippen molar-refractivity contribution in [3.63, 3.8) is 0 Å². The number of hydrogen-bond donors (Lipinski definition) is 1. The molecule has 1 heterocycles. The highest BCUT2D eigenvalue weighted by Gasteiger charge is 2.42. The zero-order chi connectivity index (χ0) is 17.2. The molecule has 0 bridgehead atoms. The summed E-state index contributed by atoms with van der Waals surface area (Å²) in [6.07, 6.45) is 0.374. The van der Waals surface area contributed by atoms with Crippen molar-refractivity contribution in [2.24, 2.45) is 5.41 Å². The van der Waals surface area contributed by atoms with Gasteiger partial charge >= 0.3 is 5.97 Å². The summed E-state index contributed by atoms with van der Waals surface area (Å²) >= 11 is 1.43. The lowest BCUT2D eigenvalue weighted by atomic mass is 9.90. The Balaban J connectivity index is 2.33. The number of nitrogens with zero attached hydrogens (tertiary/aromatic N) is 2. The van der Waals surface area contributed by atoms with Crippen LogP contribution in [0.15, 0.2) is 23.1 Å². The standard InChI is InChI=1S/C15H18N2O5S/c1-3-23-12-5-4-10(17(21)22)8-11(12)13(18)16-7-6-15(2,9-16)14(19)20/h4-5,8H,3,6-7,9H2,1-2H3,(H,19,20). The normalized spacial score (nSPS) is 20.5. The maximum Gasteiger partial charge on any atom is 0.311 e. The predicted molar refractivity (Wildman–Crippen MR) is 85.8 cm³/mol. The number of benzene rings is 1. The Hall–Kier alpha value is -2.09. The largest absolute Gasteiger partial charge is 0.481 e. The molecule has 7 nitrogen and oxygen atoms in total. The number of carbonyl (C=O) groups excluding carboxylic acids is 1. The monoisotopic (exact) mass is 338 g/mol. The third-order valence-corrected chi connectivity index (χ3v) is 4.94. The molecule has 1 atom stereocenters. The van der Waals surface area contributed by atoms with Gasteiger partial charge in [0, 0.05) is 30.1 Å². The fourth-order valence-electron chi connectivity index (χ4n) is 2.56. The first-order chi connectivity index (χ1) is 10.8. The van der Waals surface area contributed by atoms with E-state index in [1.54, 1.807) is 13.0 Å². The van der Waals surface area contributed by atoms with Crippen LogP contribution in [0.3, 0.4) is 0 Å². The van der Waals surface area contributed by atoms with Crippen molar-refractivity contribution in [2.75, 3.05) is 18.8 Å². The minimum atomic E-state index is -0.964. The SMILES string of the molecule is CCSc1ccc([N+](=O)[O-])cc1C(=O)N1CCC(C)(C(=O)O)C1. The molecule has 1 fully saturated rings. The molecule has 0 spiro atoms. The van der Waals surface area contributed by atoms with Crippen LogP contribution in [-0.2, 0) is 4.79 Å². The molecule has 23 heavy (non-hydrogen) atoms. The van der Waals surface area contributed by atoms with Crippen LogP contribution >= 0.6 is 11.8 Å². The third-order valence-electron chi connectivity index (χ3n) is 3.98.